The Bertz CT molecular complexity index is 450. The minimum atomic E-state index is 0.391. The monoisotopic (exact) mass is 326 g/mol. The predicted octanol–water partition coefficient (Wildman–Crippen LogP) is 4.21. The van der Waals surface area contributed by atoms with Gasteiger partial charge in [-0.3, -0.25) is 0 Å². The van der Waals surface area contributed by atoms with Crippen molar-refractivity contribution in [1.29, 1.82) is 0 Å². The Labute approximate surface area is 138 Å². The van der Waals surface area contributed by atoms with Crippen molar-refractivity contribution in [2.24, 2.45) is 0 Å². The second-order valence-corrected chi connectivity index (χ2v) is 8.58. The van der Waals surface area contributed by atoms with E-state index in [4.69, 9.17) is 11.6 Å². The van der Waals surface area contributed by atoms with Crippen LogP contribution in [0.2, 0.25) is 5.02 Å². The number of benzene rings is 1. The van der Waals surface area contributed by atoms with Crippen LogP contribution in [0.3, 0.4) is 0 Å². The van der Waals surface area contributed by atoms with E-state index < -0.39 is 0 Å². The van der Waals surface area contributed by atoms with Crippen LogP contribution >= 0.6 is 23.4 Å². The van der Waals surface area contributed by atoms with Gasteiger partial charge in [0.25, 0.3) is 0 Å². The van der Waals surface area contributed by atoms with Gasteiger partial charge in [-0.05, 0) is 44.5 Å². The highest BCUT2D eigenvalue weighted by Crippen LogP contribution is 2.30. The van der Waals surface area contributed by atoms with E-state index in [2.05, 4.69) is 54.9 Å². The largest absolute Gasteiger partial charge is 0.310 e. The van der Waals surface area contributed by atoms with E-state index in [1.165, 1.54) is 24.4 Å². The van der Waals surface area contributed by atoms with Gasteiger partial charge in [-0.2, -0.15) is 11.8 Å². The Hall–Kier alpha value is -0.220. The molecule has 1 atom stereocenters. The topological polar surface area (TPSA) is 15.3 Å². The summed E-state index contributed by atoms with van der Waals surface area (Å²) < 4.78 is 0.391. The SMILES string of the molecule is CCNC(CCN1CCSC(C)(C)C1)c1cccc(Cl)c1. The molecule has 1 heterocycles. The minimum Gasteiger partial charge on any atom is -0.310 e. The molecule has 0 saturated carbocycles. The van der Waals surface area contributed by atoms with Crippen LogP contribution in [0, 0.1) is 0 Å². The number of rotatable bonds is 6. The van der Waals surface area contributed by atoms with Crippen molar-refractivity contribution in [2.45, 2.75) is 38.0 Å². The Morgan fingerprint density at radius 3 is 2.90 bits per heavy atom. The molecule has 0 spiro atoms. The van der Waals surface area contributed by atoms with Crippen LogP contribution in [0.4, 0.5) is 0 Å². The van der Waals surface area contributed by atoms with Crippen LogP contribution in [0.5, 0.6) is 0 Å². The van der Waals surface area contributed by atoms with Gasteiger partial charge in [0.05, 0.1) is 0 Å². The van der Waals surface area contributed by atoms with Gasteiger partial charge >= 0.3 is 0 Å². The van der Waals surface area contributed by atoms with Gasteiger partial charge in [0.1, 0.15) is 0 Å². The van der Waals surface area contributed by atoms with E-state index in [0.29, 0.717) is 10.8 Å². The van der Waals surface area contributed by atoms with Crippen LogP contribution < -0.4 is 5.32 Å². The first kappa shape index (κ1) is 17.1. The molecule has 2 nitrogen and oxygen atoms in total. The van der Waals surface area contributed by atoms with Crippen molar-refractivity contribution in [1.82, 2.24) is 10.2 Å². The molecule has 0 amide bonds. The third-order valence-corrected chi connectivity index (χ3v) is 5.47. The molecule has 0 radical (unpaired) electrons. The highest BCUT2D eigenvalue weighted by Gasteiger charge is 2.27. The molecule has 1 aliphatic rings. The number of nitrogens with zero attached hydrogens (tertiary/aromatic N) is 1. The first-order valence-corrected chi connectivity index (χ1v) is 9.22. The number of halogens is 1. The lowest BCUT2D eigenvalue weighted by molar-refractivity contribution is 0.245. The smallest absolute Gasteiger partial charge is 0.0409 e. The molecule has 1 fully saturated rings. The lowest BCUT2D eigenvalue weighted by atomic mass is 10.0. The van der Waals surface area contributed by atoms with Crippen molar-refractivity contribution in [3.8, 4) is 0 Å². The van der Waals surface area contributed by atoms with Crippen molar-refractivity contribution < 1.29 is 0 Å². The van der Waals surface area contributed by atoms with E-state index >= 15 is 0 Å². The molecule has 1 N–H and O–H groups in total. The third kappa shape index (κ3) is 5.48. The molecule has 1 unspecified atom stereocenters. The molecule has 0 bridgehead atoms. The van der Waals surface area contributed by atoms with Crippen LogP contribution in [-0.2, 0) is 0 Å². The van der Waals surface area contributed by atoms with Gasteiger partial charge in [-0.1, -0.05) is 30.7 Å². The molecule has 0 aromatic heterocycles. The summed E-state index contributed by atoms with van der Waals surface area (Å²) in [5.41, 5.74) is 1.30. The highest BCUT2D eigenvalue weighted by atomic mass is 35.5. The zero-order valence-electron chi connectivity index (χ0n) is 13.4. The predicted molar refractivity (Wildman–Crippen MR) is 95.5 cm³/mol. The van der Waals surface area contributed by atoms with Crippen molar-refractivity contribution >= 4 is 23.4 Å². The molecule has 118 valence electrons. The van der Waals surface area contributed by atoms with Crippen molar-refractivity contribution in [2.75, 3.05) is 31.9 Å². The Kier molecular flexibility index (Phi) is 6.42. The lowest BCUT2D eigenvalue weighted by Gasteiger charge is -2.38. The maximum absolute atomic E-state index is 6.13. The second kappa shape index (κ2) is 7.87. The molecule has 21 heavy (non-hydrogen) atoms. The fourth-order valence-corrected chi connectivity index (χ4v) is 4.35. The molecular formula is C17H27ClN2S. The molecule has 0 aliphatic carbocycles. The quantitative estimate of drug-likeness (QED) is 0.843. The van der Waals surface area contributed by atoms with Crippen LogP contribution in [0.1, 0.15) is 38.8 Å². The Morgan fingerprint density at radius 2 is 2.24 bits per heavy atom. The first-order valence-electron chi connectivity index (χ1n) is 7.85. The van der Waals surface area contributed by atoms with Crippen LogP contribution in [0.15, 0.2) is 24.3 Å². The summed E-state index contributed by atoms with van der Waals surface area (Å²) in [5, 5.41) is 4.42. The minimum absolute atomic E-state index is 0.391. The zero-order valence-corrected chi connectivity index (χ0v) is 14.9. The summed E-state index contributed by atoms with van der Waals surface area (Å²) in [4.78, 5) is 2.60. The maximum atomic E-state index is 6.13. The molecule has 1 aromatic rings. The van der Waals surface area contributed by atoms with Gasteiger partial charge in [-0.15, -0.1) is 0 Å². The fraction of sp³-hybridized carbons (Fsp3) is 0.647. The molecule has 1 saturated heterocycles. The zero-order chi connectivity index (χ0) is 15.3. The van der Waals surface area contributed by atoms with Crippen LogP contribution in [0.25, 0.3) is 0 Å². The average molecular weight is 327 g/mol. The normalized spacial score (nSPS) is 20.4. The third-order valence-electron chi connectivity index (χ3n) is 3.94. The highest BCUT2D eigenvalue weighted by molar-refractivity contribution is 8.00. The van der Waals surface area contributed by atoms with Gasteiger partial charge in [0.15, 0.2) is 0 Å². The molecule has 1 aromatic carbocycles. The van der Waals surface area contributed by atoms with E-state index in [1.54, 1.807) is 0 Å². The van der Waals surface area contributed by atoms with Gasteiger partial charge in [0.2, 0.25) is 0 Å². The molecule has 1 aliphatic heterocycles. The number of nitrogens with one attached hydrogen (secondary N) is 1. The molecule has 2 rings (SSSR count). The van der Waals surface area contributed by atoms with Gasteiger partial charge in [0, 0.05) is 41.2 Å². The summed E-state index contributed by atoms with van der Waals surface area (Å²) in [6, 6.07) is 8.65. The number of thioether (sulfide) groups is 1. The van der Waals surface area contributed by atoms with Crippen molar-refractivity contribution in [3.05, 3.63) is 34.9 Å². The molecule has 4 heteroatoms. The van der Waals surface area contributed by atoms with E-state index in [1.807, 2.05) is 12.1 Å². The summed E-state index contributed by atoms with van der Waals surface area (Å²) in [6.45, 7) is 11.4. The fourth-order valence-electron chi connectivity index (χ4n) is 2.97. The van der Waals surface area contributed by atoms with Gasteiger partial charge in [-0.25, -0.2) is 0 Å². The molecular weight excluding hydrogens is 300 g/mol. The summed E-state index contributed by atoms with van der Waals surface area (Å²) >= 11 is 8.23. The maximum Gasteiger partial charge on any atom is 0.0409 e. The average Bonchev–Trinajstić information content (AvgIpc) is 2.42. The van der Waals surface area contributed by atoms with E-state index in [0.717, 1.165) is 24.5 Å². The van der Waals surface area contributed by atoms with Gasteiger partial charge < -0.3 is 10.2 Å². The van der Waals surface area contributed by atoms with E-state index in [9.17, 15) is 0 Å². The number of hydrogen-bond donors (Lipinski definition) is 1. The van der Waals surface area contributed by atoms with E-state index in [-0.39, 0.29) is 0 Å². The first-order chi connectivity index (χ1) is 10.00. The standard InChI is InChI=1S/C17H27ClN2S/c1-4-19-16(14-6-5-7-15(18)12-14)8-9-20-10-11-21-17(2,3)13-20/h5-7,12,16,19H,4,8-11,13H2,1-3H3. The lowest BCUT2D eigenvalue weighted by Crippen LogP contribution is -2.44. The second-order valence-electron chi connectivity index (χ2n) is 6.34. The summed E-state index contributed by atoms with van der Waals surface area (Å²) in [7, 11) is 0. The number of hydrogen-bond acceptors (Lipinski definition) is 3. The Balaban J connectivity index is 1.94. The summed E-state index contributed by atoms with van der Waals surface area (Å²) in [6.07, 6.45) is 1.13. The van der Waals surface area contributed by atoms with Crippen LogP contribution in [-0.4, -0.2) is 41.6 Å². The Morgan fingerprint density at radius 1 is 1.43 bits per heavy atom. The summed E-state index contributed by atoms with van der Waals surface area (Å²) in [5.74, 6) is 1.25. The van der Waals surface area contributed by atoms with Crippen molar-refractivity contribution in [3.63, 3.8) is 0 Å².